The van der Waals surface area contributed by atoms with Gasteiger partial charge in [0.05, 0.1) is 11.3 Å². The van der Waals surface area contributed by atoms with Gasteiger partial charge in [0, 0.05) is 17.4 Å². The van der Waals surface area contributed by atoms with E-state index in [1.54, 1.807) is 48.7 Å². The van der Waals surface area contributed by atoms with Crippen LogP contribution >= 0.6 is 0 Å². The Labute approximate surface area is 181 Å². The molecule has 5 heteroatoms. The Morgan fingerprint density at radius 3 is 2.32 bits per heavy atom. The van der Waals surface area contributed by atoms with Gasteiger partial charge >= 0.3 is 0 Å². The van der Waals surface area contributed by atoms with Crippen molar-refractivity contribution in [2.45, 2.75) is 32.2 Å². The third kappa shape index (κ3) is 3.99. The normalized spacial score (nSPS) is 17.8. The van der Waals surface area contributed by atoms with Crippen molar-refractivity contribution in [2.24, 2.45) is 0 Å². The lowest BCUT2D eigenvalue weighted by atomic mass is 9.98. The first-order valence-electron chi connectivity index (χ1n) is 10.5. The molecule has 1 saturated heterocycles. The fourth-order valence-corrected chi connectivity index (χ4v) is 3.87. The van der Waals surface area contributed by atoms with E-state index in [0.717, 1.165) is 19.3 Å². The minimum Gasteiger partial charge on any atom is -0.507 e. The second kappa shape index (κ2) is 8.96. The van der Waals surface area contributed by atoms with Crippen LogP contribution < -0.4 is 4.90 Å². The van der Waals surface area contributed by atoms with Gasteiger partial charge in [-0.25, -0.2) is 0 Å². The maximum absolute atomic E-state index is 13.1. The van der Waals surface area contributed by atoms with Crippen molar-refractivity contribution in [2.75, 3.05) is 4.90 Å². The number of rotatable bonds is 6. The first kappa shape index (κ1) is 20.5. The molecule has 1 aromatic heterocycles. The lowest BCUT2D eigenvalue weighted by Crippen LogP contribution is -2.29. The number of ketones is 1. The molecule has 0 bridgehead atoms. The molecule has 31 heavy (non-hydrogen) atoms. The Morgan fingerprint density at radius 1 is 0.968 bits per heavy atom. The number of aryl methyl sites for hydroxylation is 1. The highest BCUT2D eigenvalue weighted by Gasteiger charge is 2.47. The second-order valence-corrected chi connectivity index (χ2v) is 7.56. The minimum atomic E-state index is -0.803. The van der Waals surface area contributed by atoms with E-state index in [1.165, 1.54) is 10.5 Å². The van der Waals surface area contributed by atoms with Crippen molar-refractivity contribution in [1.29, 1.82) is 0 Å². The molecule has 156 valence electrons. The van der Waals surface area contributed by atoms with Crippen molar-refractivity contribution in [3.63, 3.8) is 0 Å². The Hall–Kier alpha value is -3.73. The van der Waals surface area contributed by atoms with E-state index in [0.29, 0.717) is 16.9 Å². The molecule has 1 aliphatic heterocycles. The van der Waals surface area contributed by atoms with Gasteiger partial charge in [0.15, 0.2) is 0 Å². The molecule has 2 heterocycles. The first-order valence-corrected chi connectivity index (χ1v) is 10.5. The summed E-state index contributed by atoms with van der Waals surface area (Å²) in [5, 5.41) is 11.0. The number of hydrogen-bond acceptors (Lipinski definition) is 4. The number of Topliss-reactive ketones (excluding diaryl/α,β-unsaturated/α-hetero) is 1. The third-order valence-electron chi connectivity index (χ3n) is 5.49. The van der Waals surface area contributed by atoms with E-state index < -0.39 is 17.7 Å². The van der Waals surface area contributed by atoms with Crippen LogP contribution in [-0.4, -0.2) is 21.8 Å². The predicted octanol–water partition coefficient (Wildman–Crippen LogP) is 5.05. The highest BCUT2D eigenvalue weighted by atomic mass is 16.3. The average molecular weight is 412 g/mol. The quantitative estimate of drug-likeness (QED) is 0.349. The summed E-state index contributed by atoms with van der Waals surface area (Å²) in [5.41, 5.74) is 2.83. The zero-order chi connectivity index (χ0) is 21.8. The number of amides is 1. The Morgan fingerprint density at radius 2 is 1.68 bits per heavy atom. The average Bonchev–Trinajstić information content (AvgIpc) is 3.09. The zero-order valence-electron chi connectivity index (χ0n) is 17.4. The number of aromatic nitrogens is 1. The molecule has 1 atom stereocenters. The van der Waals surface area contributed by atoms with E-state index >= 15 is 0 Å². The van der Waals surface area contributed by atoms with Gasteiger partial charge in [0.1, 0.15) is 11.8 Å². The standard InChI is InChI=1S/C26H24N2O3/c1-2-3-9-18-13-15-20(16-14-18)28-23(21-12-7-8-17-27-21)22(25(30)26(28)31)24(29)19-10-5-4-6-11-19/h4-8,10-17,23,29H,2-3,9H2,1H3/b24-22-. The van der Waals surface area contributed by atoms with Crippen molar-refractivity contribution in [3.8, 4) is 0 Å². The number of benzene rings is 2. The summed E-state index contributed by atoms with van der Waals surface area (Å²) in [5.74, 6) is -1.59. The van der Waals surface area contributed by atoms with Gasteiger partial charge in [-0.1, -0.05) is 61.9 Å². The van der Waals surface area contributed by atoms with E-state index in [1.807, 2.05) is 30.3 Å². The lowest BCUT2D eigenvalue weighted by molar-refractivity contribution is -0.132. The van der Waals surface area contributed by atoms with E-state index in [2.05, 4.69) is 11.9 Å². The van der Waals surface area contributed by atoms with Crippen LogP contribution in [0.4, 0.5) is 5.69 Å². The number of pyridine rings is 1. The maximum atomic E-state index is 13.1. The summed E-state index contributed by atoms with van der Waals surface area (Å²) in [6, 6.07) is 21.0. The number of carbonyl (C=O) groups is 2. The molecule has 5 nitrogen and oxygen atoms in total. The van der Waals surface area contributed by atoms with Crippen LogP contribution in [0.3, 0.4) is 0 Å². The fourth-order valence-electron chi connectivity index (χ4n) is 3.87. The van der Waals surface area contributed by atoms with Gasteiger partial charge in [-0.15, -0.1) is 0 Å². The molecule has 0 radical (unpaired) electrons. The molecule has 3 aromatic rings. The van der Waals surface area contributed by atoms with Crippen LogP contribution in [0.5, 0.6) is 0 Å². The molecule has 2 aromatic carbocycles. The molecule has 1 N–H and O–H groups in total. The van der Waals surface area contributed by atoms with Crippen LogP contribution in [0.2, 0.25) is 0 Å². The number of unbranched alkanes of at least 4 members (excludes halogenated alkanes) is 1. The van der Waals surface area contributed by atoms with Crippen molar-refractivity contribution < 1.29 is 14.7 Å². The summed E-state index contributed by atoms with van der Waals surface area (Å²) in [4.78, 5) is 32.0. The Bertz CT molecular complexity index is 1110. The number of nitrogens with zero attached hydrogens (tertiary/aromatic N) is 2. The maximum Gasteiger partial charge on any atom is 0.300 e. The van der Waals surface area contributed by atoms with Gasteiger partial charge in [-0.05, 0) is 42.7 Å². The summed E-state index contributed by atoms with van der Waals surface area (Å²) >= 11 is 0. The lowest BCUT2D eigenvalue weighted by Gasteiger charge is -2.24. The topological polar surface area (TPSA) is 70.5 Å². The van der Waals surface area contributed by atoms with Crippen LogP contribution in [-0.2, 0) is 16.0 Å². The van der Waals surface area contributed by atoms with Gasteiger partial charge in [0.2, 0.25) is 0 Å². The summed E-state index contributed by atoms with van der Waals surface area (Å²) < 4.78 is 0. The number of carbonyl (C=O) groups excluding carboxylic acids is 2. The fraction of sp³-hybridized carbons (Fsp3) is 0.192. The Balaban J connectivity index is 1.83. The molecule has 4 rings (SSSR count). The van der Waals surface area contributed by atoms with Gasteiger partial charge < -0.3 is 5.11 Å². The molecule has 0 spiro atoms. The largest absolute Gasteiger partial charge is 0.507 e. The number of aliphatic hydroxyl groups excluding tert-OH is 1. The number of aliphatic hydroxyl groups is 1. The summed E-state index contributed by atoms with van der Waals surface area (Å²) in [6.45, 7) is 2.15. The molecular weight excluding hydrogens is 388 g/mol. The predicted molar refractivity (Wildman–Crippen MR) is 121 cm³/mol. The molecule has 1 amide bonds. The molecule has 1 aliphatic rings. The van der Waals surface area contributed by atoms with Gasteiger partial charge in [-0.3, -0.25) is 19.5 Å². The highest BCUT2D eigenvalue weighted by Crippen LogP contribution is 2.41. The van der Waals surface area contributed by atoms with Crippen LogP contribution in [0.25, 0.3) is 5.76 Å². The smallest absolute Gasteiger partial charge is 0.300 e. The van der Waals surface area contributed by atoms with Gasteiger partial charge in [0.25, 0.3) is 11.7 Å². The van der Waals surface area contributed by atoms with Crippen LogP contribution in [0, 0.1) is 0 Å². The SMILES string of the molecule is CCCCc1ccc(N2C(=O)C(=O)/C(=C(\O)c3ccccc3)C2c2ccccn2)cc1. The van der Waals surface area contributed by atoms with E-state index in [4.69, 9.17) is 0 Å². The monoisotopic (exact) mass is 412 g/mol. The van der Waals surface area contributed by atoms with Crippen molar-refractivity contribution >= 4 is 23.1 Å². The van der Waals surface area contributed by atoms with Gasteiger partial charge in [-0.2, -0.15) is 0 Å². The van der Waals surface area contributed by atoms with E-state index in [-0.39, 0.29) is 11.3 Å². The highest BCUT2D eigenvalue weighted by molar-refractivity contribution is 6.51. The van der Waals surface area contributed by atoms with Crippen LogP contribution in [0.1, 0.15) is 42.6 Å². The molecule has 0 aliphatic carbocycles. The van der Waals surface area contributed by atoms with E-state index in [9.17, 15) is 14.7 Å². The molecule has 0 saturated carbocycles. The Kier molecular flexibility index (Phi) is 5.94. The third-order valence-corrected chi connectivity index (χ3v) is 5.49. The molecule has 1 fully saturated rings. The number of hydrogen-bond donors (Lipinski definition) is 1. The second-order valence-electron chi connectivity index (χ2n) is 7.56. The number of anilines is 1. The summed E-state index contributed by atoms with van der Waals surface area (Å²) in [7, 11) is 0. The van der Waals surface area contributed by atoms with Crippen molar-refractivity contribution in [3.05, 3.63) is 101 Å². The van der Waals surface area contributed by atoms with Crippen molar-refractivity contribution in [1.82, 2.24) is 4.98 Å². The molecule has 1 unspecified atom stereocenters. The van der Waals surface area contributed by atoms with Crippen LogP contribution in [0.15, 0.2) is 84.6 Å². The minimum absolute atomic E-state index is 0.0463. The summed E-state index contributed by atoms with van der Waals surface area (Å²) in [6.07, 6.45) is 4.78. The zero-order valence-corrected chi connectivity index (χ0v) is 17.4. The first-order chi connectivity index (χ1) is 15.1. The molecular formula is C26H24N2O3.